The Morgan fingerprint density at radius 3 is 2.67 bits per heavy atom. The van der Waals surface area contributed by atoms with Crippen LogP contribution in [0.15, 0.2) is 0 Å². The lowest BCUT2D eigenvalue weighted by Gasteiger charge is -2.06. The lowest BCUT2D eigenvalue weighted by Crippen LogP contribution is -2.15. The fourth-order valence-corrected chi connectivity index (χ4v) is 0.243. The first kappa shape index (κ1) is 8.23. The van der Waals surface area contributed by atoms with Gasteiger partial charge in [-0.1, -0.05) is 6.92 Å². The minimum absolute atomic E-state index is 0.370. The van der Waals surface area contributed by atoms with E-state index in [9.17, 15) is 4.79 Å². The highest BCUT2D eigenvalue weighted by atomic mass is 16.8. The summed E-state index contributed by atoms with van der Waals surface area (Å²) in [6, 6.07) is 0. The van der Waals surface area contributed by atoms with Gasteiger partial charge >= 0.3 is 6.16 Å². The van der Waals surface area contributed by atoms with Gasteiger partial charge in [0.25, 0.3) is 0 Å². The Balaban J connectivity index is 3.34. The summed E-state index contributed by atoms with van der Waals surface area (Å²) in [5.74, 6) is 0. The summed E-state index contributed by atoms with van der Waals surface area (Å²) in [5, 5.41) is 8.64. The Morgan fingerprint density at radius 1 is 1.78 bits per heavy atom. The van der Waals surface area contributed by atoms with Crippen LogP contribution in [0.2, 0.25) is 0 Å². The molecule has 0 heterocycles. The van der Waals surface area contributed by atoms with Gasteiger partial charge in [-0.05, 0) is 0 Å². The maximum Gasteiger partial charge on any atom is 0.510 e. The first-order valence-electron chi connectivity index (χ1n) is 2.63. The molecule has 0 radical (unpaired) electrons. The van der Waals surface area contributed by atoms with Crippen LogP contribution in [-0.2, 0) is 9.47 Å². The second-order valence-corrected chi connectivity index (χ2v) is 1.43. The summed E-state index contributed by atoms with van der Waals surface area (Å²) in [5.41, 5.74) is 0. The summed E-state index contributed by atoms with van der Waals surface area (Å²) in [6.07, 6.45) is -1.53. The number of ether oxygens (including phenoxy) is 2. The van der Waals surface area contributed by atoms with E-state index in [-0.39, 0.29) is 0 Å². The molecule has 0 fully saturated rings. The van der Waals surface area contributed by atoms with Crippen molar-refractivity contribution in [3.8, 4) is 0 Å². The molecule has 0 aromatic heterocycles. The molecule has 1 atom stereocenters. The zero-order valence-corrected chi connectivity index (χ0v) is 5.46. The second kappa shape index (κ2) is 4.14. The van der Waals surface area contributed by atoms with Crippen LogP contribution in [0.3, 0.4) is 0 Å². The number of carbonyl (C=O) groups excluding carboxylic acids is 1. The third kappa shape index (κ3) is 3.78. The van der Waals surface area contributed by atoms with Gasteiger partial charge in [0.2, 0.25) is 6.29 Å². The number of methoxy groups -OCH3 is 1. The number of hydrogen-bond donors (Lipinski definition) is 1. The molecule has 9 heavy (non-hydrogen) atoms. The van der Waals surface area contributed by atoms with E-state index in [0.717, 1.165) is 0 Å². The van der Waals surface area contributed by atoms with E-state index in [4.69, 9.17) is 5.11 Å². The fraction of sp³-hybridized carbons (Fsp3) is 0.800. The van der Waals surface area contributed by atoms with Crippen molar-refractivity contribution in [2.45, 2.75) is 19.6 Å². The van der Waals surface area contributed by atoms with Crippen molar-refractivity contribution in [2.24, 2.45) is 0 Å². The van der Waals surface area contributed by atoms with E-state index in [1.165, 1.54) is 7.11 Å². The molecule has 0 aromatic carbocycles. The summed E-state index contributed by atoms with van der Waals surface area (Å²) in [7, 11) is 1.19. The van der Waals surface area contributed by atoms with E-state index in [0.29, 0.717) is 6.42 Å². The van der Waals surface area contributed by atoms with Crippen LogP contribution in [0, 0.1) is 0 Å². The molecule has 0 amide bonds. The van der Waals surface area contributed by atoms with E-state index in [1.54, 1.807) is 6.92 Å². The Bertz CT molecular complexity index is 91.0. The molecule has 54 valence electrons. The van der Waals surface area contributed by atoms with Crippen LogP contribution in [0.4, 0.5) is 4.79 Å². The van der Waals surface area contributed by atoms with Gasteiger partial charge in [0.05, 0.1) is 7.11 Å². The van der Waals surface area contributed by atoms with Gasteiger partial charge in [0, 0.05) is 6.42 Å². The summed E-state index contributed by atoms with van der Waals surface area (Å²) in [6.45, 7) is 1.69. The number of aliphatic hydroxyl groups is 1. The van der Waals surface area contributed by atoms with Gasteiger partial charge in [-0.3, -0.25) is 0 Å². The number of hydrogen-bond acceptors (Lipinski definition) is 4. The lowest BCUT2D eigenvalue weighted by atomic mass is 10.5. The maximum atomic E-state index is 10.2. The zero-order valence-electron chi connectivity index (χ0n) is 5.46. The molecule has 4 nitrogen and oxygen atoms in total. The predicted octanol–water partition coefficient (Wildman–Crippen LogP) is 0.498. The van der Waals surface area contributed by atoms with Crippen molar-refractivity contribution in [3.05, 3.63) is 0 Å². The van der Waals surface area contributed by atoms with Crippen molar-refractivity contribution in [1.29, 1.82) is 0 Å². The quantitative estimate of drug-likeness (QED) is 0.441. The molecule has 0 saturated carbocycles. The van der Waals surface area contributed by atoms with Crippen molar-refractivity contribution < 1.29 is 19.4 Å². The van der Waals surface area contributed by atoms with Gasteiger partial charge < -0.3 is 14.6 Å². The Kier molecular flexibility index (Phi) is 3.79. The molecule has 0 aliphatic carbocycles. The van der Waals surface area contributed by atoms with E-state index >= 15 is 0 Å². The number of aliphatic hydroxyl groups excluding tert-OH is 1. The Labute approximate surface area is 53.4 Å². The molecular formula is C5H10O4. The molecule has 0 spiro atoms. The van der Waals surface area contributed by atoms with Crippen LogP contribution in [0.25, 0.3) is 0 Å². The van der Waals surface area contributed by atoms with Crippen LogP contribution in [0.1, 0.15) is 13.3 Å². The first-order chi connectivity index (χ1) is 4.20. The first-order valence-corrected chi connectivity index (χ1v) is 2.63. The molecule has 0 aliphatic rings. The monoisotopic (exact) mass is 134 g/mol. The Hall–Kier alpha value is -0.770. The van der Waals surface area contributed by atoms with E-state index in [2.05, 4.69) is 9.47 Å². The van der Waals surface area contributed by atoms with Crippen molar-refractivity contribution in [1.82, 2.24) is 0 Å². The van der Waals surface area contributed by atoms with Crippen LogP contribution >= 0.6 is 0 Å². The minimum Gasteiger partial charge on any atom is -0.438 e. The zero-order chi connectivity index (χ0) is 7.28. The second-order valence-electron chi connectivity index (χ2n) is 1.43. The Morgan fingerprint density at radius 2 is 2.33 bits per heavy atom. The normalized spacial score (nSPS) is 12.3. The molecule has 0 rings (SSSR count). The van der Waals surface area contributed by atoms with Gasteiger partial charge in [0.15, 0.2) is 0 Å². The third-order valence-corrected chi connectivity index (χ3v) is 0.748. The smallest absolute Gasteiger partial charge is 0.438 e. The highest BCUT2D eigenvalue weighted by Gasteiger charge is 2.06. The van der Waals surface area contributed by atoms with Crippen molar-refractivity contribution >= 4 is 6.16 Å². The predicted molar refractivity (Wildman–Crippen MR) is 29.8 cm³/mol. The van der Waals surface area contributed by atoms with Crippen molar-refractivity contribution in [3.63, 3.8) is 0 Å². The van der Waals surface area contributed by atoms with Crippen LogP contribution in [-0.4, -0.2) is 24.7 Å². The summed E-state index contributed by atoms with van der Waals surface area (Å²) >= 11 is 0. The van der Waals surface area contributed by atoms with E-state index < -0.39 is 12.4 Å². The molecular weight excluding hydrogens is 124 g/mol. The molecule has 1 unspecified atom stereocenters. The molecule has 4 heteroatoms. The van der Waals surface area contributed by atoms with Gasteiger partial charge in [0.1, 0.15) is 0 Å². The summed E-state index contributed by atoms with van der Waals surface area (Å²) in [4.78, 5) is 10.2. The minimum atomic E-state index is -1.04. The van der Waals surface area contributed by atoms with Gasteiger partial charge in [-0.15, -0.1) is 0 Å². The molecule has 1 N–H and O–H groups in total. The average Bonchev–Trinajstić information content (AvgIpc) is 1.87. The fourth-order valence-electron chi connectivity index (χ4n) is 0.243. The molecule has 0 aromatic rings. The third-order valence-electron chi connectivity index (χ3n) is 0.748. The van der Waals surface area contributed by atoms with Crippen LogP contribution in [0.5, 0.6) is 0 Å². The molecule has 0 aliphatic heterocycles. The standard InChI is InChI=1S/C5H10O4/c1-3-4(6)9-5(7)8-2/h4,6H,3H2,1-2H3. The molecule has 0 bridgehead atoms. The number of carbonyl (C=O) groups is 1. The van der Waals surface area contributed by atoms with Gasteiger partial charge in [-0.25, -0.2) is 4.79 Å². The highest BCUT2D eigenvalue weighted by Crippen LogP contribution is 1.93. The molecule has 0 saturated heterocycles. The highest BCUT2D eigenvalue weighted by molar-refractivity contribution is 5.59. The van der Waals surface area contributed by atoms with Crippen molar-refractivity contribution in [2.75, 3.05) is 7.11 Å². The number of rotatable bonds is 2. The topological polar surface area (TPSA) is 55.8 Å². The summed E-state index contributed by atoms with van der Waals surface area (Å²) < 4.78 is 8.34. The maximum absolute atomic E-state index is 10.2. The largest absolute Gasteiger partial charge is 0.510 e. The SMILES string of the molecule is CCC(O)OC(=O)OC. The lowest BCUT2D eigenvalue weighted by molar-refractivity contribution is -0.0765. The average molecular weight is 134 g/mol. The van der Waals surface area contributed by atoms with Gasteiger partial charge in [-0.2, -0.15) is 0 Å². The van der Waals surface area contributed by atoms with Crippen LogP contribution < -0.4 is 0 Å². The van der Waals surface area contributed by atoms with E-state index in [1.807, 2.05) is 0 Å².